The van der Waals surface area contributed by atoms with Crippen molar-refractivity contribution in [1.82, 2.24) is 10.2 Å². The molecule has 5 nitrogen and oxygen atoms in total. The standard InChI is InChI=1S/C16H28N2O3/c1-16(2)7-3-5-12(9-16)10-17-15(21)18-8-4-6-13(11-18)14(19)20/h12-13H,3-11H2,1-2H3,(H,17,21)(H,19,20). The van der Waals surface area contributed by atoms with Crippen LogP contribution in [0.15, 0.2) is 0 Å². The normalized spacial score (nSPS) is 29.0. The summed E-state index contributed by atoms with van der Waals surface area (Å²) in [4.78, 5) is 24.9. The molecule has 0 aromatic heterocycles. The largest absolute Gasteiger partial charge is 0.481 e. The summed E-state index contributed by atoms with van der Waals surface area (Å²) in [7, 11) is 0. The summed E-state index contributed by atoms with van der Waals surface area (Å²) in [6.45, 7) is 6.33. The molecule has 0 aromatic carbocycles. The summed E-state index contributed by atoms with van der Waals surface area (Å²) in [5, 5.41) is 12.1. The van der Waals surface area contributed by atoms with Crippen LogP contribution in [-0.4, -0.2) is 41.6 Å². The Balaban J connectivity index is 1.77. The maximum atomic E-state index is 12.2. The smallest absolute Gasteiger partial charge is 0.317 e. The number of rotatable bonds is 3. The molecule has 2 N–H and O–H groups in total. The Kier molecular flexibility index (Phi) is 5.12. The van der Waals surface area contributed by atoms with Gasteiger partial charge in [0.15, 0.2) is 0 Å². The highest BCUT2D eigenvalue weighted by molar-refractivity contribution is 5.76. The zero-order valence-corrected chi connectivity index (χ0v) is 13.2. The van der Waals surface area contributed by atoms with Crippen LogP contribution in [-0.2, 0) is 4.79 Å². The van der Waals surface area contributed by atoms with Crippen LogP contribution in [0.3, 0.4) is 0 Å². The lowest BCUT2D eigenvalue weighted by atomic mass is 9.72. The Morgan fingerprint density at radius 1 is 1.29 bits per heavy atom. The van der Waals surface area contributed by atoms with E-state index in [1.165, 1.54) is 19.3 Å². The summed E-state index contributed by atoms with van der Waals surface area (Å²) >= 11 is 0. The van der Waals surface area contributed by atoms with E-state index in [2.05, 4.69) is 19.2 Å². The molecule has 0 spiro atoms. The first-order valence-corrected chi connectivity index (χ1v) is 8.13. The van der Waals surface area contributed by atoms with E-state index in [1.54, 1.807) is 4.90 Å². The number of piperidine rings is 1. The number of hydrogen-bond acceptors (Lipinski definition) is 2. The lowest BCUT2D eigenvalue weighted by Crippen LogP contribution is -2.48. The van der Waals surface area contributed by atoms with E-state index in [0.29, 0.717) is 30.8 Å². The second-order valence-corrected chi connectivity index (χ2v) is 7.44. The van der Waals surface area contributed by atoms with E-state index in [-0.39, 0.29) is 6.03 Å². The van der Waals surface area contributed by atoms with E-state index in [4.69, 9.17) is 5.11 Å². The number of carbonyl (C=O) groups excluding carboxylic acids is 1. The van der Waals surface area contributed by atoms with Gasteiger partial charge in [0.1, 0.15) is 0 Å². The monoisotopic (exact) mass is 296 g/mol. The summed E-state index contributed by atoms with van der Waals surface area (Å²) in [6, 6.07) is -0.0932. The molecule has 1 aliphatic heterocycles. The first-order chi connectivity index (χ1) is 9.87. The zero-order chi connectivity index (χ0) is 15.5. The highest BCUT2D eigenvalue weighted by atomic mass is 16.4. The molecule has 0 aromatic rings. The third-order valence-corrected chi connectivity index (χ3v) is 4.91. The molecule has 1 aliphatic carbocycles. The summed E-state index contributed by atoms with van der Waals surface area (Å²) in [5.41, 5.74) is 0.382. The van der Waals surface area contributed by atoms with E-state index < -0.39 is 11.9 Å². The maximum absolute atomic E-state index is 12.2. The lowest BCUT2D eigenvalue weighted by molar-refractivity contribution is -0.143. The fraction of sp³-hybridized carbons (Fsp3) is 0.875. The molecule has 21 heavy (non-hydrogen) atoms. The van der Waals surface area contributed by atoms with Gasteiger partial charge in [0.2, 0.25) is 0 Å². The quantitative estimate of drug-likeness (QED) is 0.841. The van der Waals surface area contributed by atoms with Crippen LogP contribution in [0.5, 0.6) is 0 Å². The number of carbonyl (C=O) groups is 2. The van der Waals surface area contributed by atoms with Gasteiger partial charge in [-0.25, -0.2) is 4.79 Å². The summed E-state index contributed by atoms with van der Waals surface area (Å²) in [6.07, 6.45) is 6.30. The number of urea groups is 1. The minimum atomic E-state index is -0.790. The average Bonchev–Trinajstić information content (AvgIpc) is 2.44. The van der Waals surface area contributed by atoms with Crippen LogP contribution in [0.4, 0.5) is 4.79 Å². The molecule has 5 heteroatoms. The Bertz CT molecular complexity index is 395. The molecule has 2 atom stereocenters. The second-order valence-electron chi connectivity index (χ2n) is 7.44. The van der Waals surface area contributed by atoms with Gasteiger partial charge in [-0.15, -0.1) is 0 Å². The van der Waals surface area contributed by atoms with Crippen molar-refractivity contribution in [2.75, 3.05) is 19.6 Å². The molecule has 0 radical (unpaired) electrons. The van der Waals surface area contributed by atoms with Crippen molar-refractivity contribution >= 4 is 12.0 Å². The zero-order valence-electron chi connectivity index (χ0n) is 13.2. The van der Waals surface area contributed by atoms with Crippen molar-refractivity contribution in [2.24, 2.45) is 17.3 Å². The third-order valence-electron chi connectivity index (χ3n) is 4.91. The van der Waals surface area contributed by atoms with Gasteiger partial charge in [0.05, 0.1) is 5.92 Å². The minimum Gasteiger partial charge on any atom is -0.481 e. The highest BCUT2D eigenvalue weighted by Gasteiger charge is 2.30. The fourth-order valence-corrected chi connectivity index (χ4v) is 3.74. The highest BCUT2D eigenvalue weighted by Crippen LogP contribution is 2.38. The number of nitrogens with one attached hydrogen (secondary N) is 1. The van der Waals surface area contributed by atoms with Gasteiger partial charge >= 0.3 is 12.0 Å². The number of likely N-dealkylation sites (tertiary alicyclic amines) is 1. The van der Waals surface area contributed by atoms with E-state index >= 15 is 0 Å². The topological polar surface area (TPSA) is 69.6 Å². The van der Waals surface area contributed by atoms with Crippen LogP contribution in [0.1, 0.15) is 52.4 Å². The number of aliphatic carboxylic acids is 1. The van der Waals surface area contributed by atoms with Crippen molar-refractivity contribution in [2.45, 2.75) is 52.4 Å². The van der Waals surface area contributed by atoms with E-state index in [1.807, 2.05) is 0 Å². The molecule has 2 unspecified atom stereocenters. The van der Waals surface area contributed by atoms with Gasteiger partial charge in [0.25, 0.3) is 0 Å². The Morgan fingerprint density at radius 3 is 2.71 bits per heavy atom. The van der Waals surface area contributed by atoms with Crippen molar-refractivity contribution in [3.05, 3.63) is 0 Å². The van der Waals surface area contributed by atoms with Gasteiger partial charge in [-0.05, 0) is 43.4 Å². The Hall–Kier alpha value is -1.26. The summed E-state index contributed by atoms with van der Waals surface area (Å²) in [5.74, 6) is -0.641. The number of hydrogen-bond donors (Lipinski definition) is 2. The molecule has 2 fully saturated rings. The van der Waals surface area contributed by atoms with Gasteiger partial charge in [0, 0.05) is 19.6 Å². The number of carboxylic acids is 1. The lowest BCUT2D eigenvalue weighted by Gasteiger charge is -2.36. The molecule has 1 heterocycles. The van der Waals surface area contributed by atoms with Crippen molar-refractivity contribution < 1.29 is 14.7 Å². The van der Waals surface area contributed by atoms with Crippen LogP contribution in [0, 0.1) is 17.3 Å². The van der Waals surface area contributed by atoms with E-state index in [9.17, 15) is 9.59 Å². The predicted molar refractivity (Wildman–Crippen MR) is 81.1 cm³/mol. The molecule has 120 valence electrons. The molecular weight excluding hydrogens is 268 g/mol. The van der Waals surface area contributed by atoms with Crippen LogP contribution < -0.4 is 5.32 Å². The molecular formula is C16H28N2O3. The molecule has 2 aliphatic rings. The summed E-state index contributed by atoms with van der Waals surface area (Å²) < 4.78 is 0. The number of carboxylic acid groups (broad SMARTS) is 1. The van der Waals surface area contributed by atoms with Gasteiger partial charge < -0.3 is 15.3 Å². The van der Waals surface area contributed by atoms with E-state index in [0.717, 1.165) is 19.4 Å². The molecule has 1 saturated carbocycles. The van der Waals surface area contributed by atoms with Crippen molar-refractivity contribution in [3.63, 3.8) is 0 Å². The molecule has 2 rings (SSSR count). The maximum Gasteiger partial charge on any atom is 0.317 e. The molecule has 2 amide bonds. The van der Waals surface area contributed by atoms with Crippen LogP contribution in [0.25, 0.3) is 0 Å². The van der Waals surface area contributed by atoms with Crippen molar-refractivity contribution in [3.8, 4) is 0 Å². The second kappa shape index (κ2) is 6.67. The van der Waals surface area contributed by atoms with Gasteiger partial charge in [-0.1, -0.05) is 20.3 Å². The first-order valence-electron chi connectivity index (χ1n) is 8.13. The first kappa shape index (κ1) is 16.1. The fourth-order valence-electron chi connectivity index (χ4n) is 3.74. The minimum absolute atomic E-state index is 0.0932. The Morgan fingerprint density at radius 2 is 2.05 bits per heavy atom. The number of amides is 2. The van der Waals surface area contributed by atoms with Gasteiger partial charge in [-0.3, -0.25) is 4.79 Å². The van der Waals surface area contributed by atoms with Crippen molar-refractivity contribution in [1.29, 1.82) is 0 Å². The Labute approximate surface area is 127 Å². The third kappa shape index (κ3) is 4.61. The molecule has 1 saturated heterocycles. The van der Waals surface area contributed by atoms with Crippen LogP contribution >= 0.6 is 0 Å². The average molecular weight is 296 g/mol. The molecule has 0 bridgehead atoms. The number of nitrogens with zero attached hydrogens (tertiary/aromatic N) is 1. The predicted octanol–water partition coefficient (Wildman–Crippen LogP) is 2.71. The van der Waals surface area contributed by atoms with Crippen LogP contribution in [0.2, 0.25) is 0 Å². The SMILES string of the molecule is CC1(C)CCCC(CNC(=O)N2CCCC(C(=O)O)C2)C1. The van der Waals surface area contributed by atoms with Gasteiger partial charge in [-0.2, -0.15) is 0 Å².